The average molecular weight is 349 g/mol. The minimum absolute atomic E-state index is 0.0534. The smallest absolute Gasteiger partial charge is 0.418 e. The number of rotatable bonds is 5. The van der Waals surface area contributed by atoms with Crippen LogP contribution in [0, 0.1) is 0 Å². The molecule has 2 amide bonds. The van der Waals surface area contributed by atoms with Gasteiger partial charge in [-0.15, -0.1) is 14.5 Å². The van der Waals surface area contributed by atoms with Crippen LogP contribution in [-0.4, -0.2) is 63.4 Å². The number of hydrogen-bond acceptors (Lipinski definition) is 9. The predicted molar refractivity (Wildman–Crippen MR) is 70.6 cm³/mol. The van der Waals surface area contributed by atoms with Crippen molar-refractivity contribution in [3.63, 3.8) is 0 Å². The molecule has 2 aliphatic heterocycles. The Labute approximate surface area is 130 Å². The van der Waals surface area contributed by atoms with Gasteiger partial charge in [0.2, 0.25) is 11.8 Å². The van der Waals surface area contributed by atoms with Crippen molar-refractivity contribution in [3.8, 4) is 0 Å². The first-order valence-corrected chi connectivity index (χ1v) is 8.15. The quantitative estimate of drug-likeness (QED) is 0.544. The Hall–Kier alpha value is -1.80. The summed E-state index contributed by atoms with van der Waals surface area (Å²) < 4.78 is 40.1. The lowest BCUT2D eigenvalue weighted by atomic mass is 10.0. The van der Waals surface area contributed by atoms with Crippen molar-refractivity contribution >= 4 is 16.4 Å². The number of amides is 2. The minimum Gasteiger partial charge on any atom is -0.420 e. The number of hydrogen-bond donors (Lipinski definition) is 3. The molecular formula is C10H15N5O7S. The van der Waals surface area contributed by atoms with Crippen LogP contribution in [0.15, 0.2) is 4.42 Å². The van der Waals surface area contributed by atoms with Gasteiger partial charge in [-0.2, -0.15) is 13.5 Å². The molecule has 0 radical (unpaired) electrons. The van der Waals surface area contributed by atoms with Gasteiger partial charge in [0.05, 0.1) is 6.04 Å². The van der Waals surface area contributed by atoms with E-state index in [2.05, 4.69) is 14.5 Å². The van der Waals surface area contributed by atoms with Crippen LogP contribution >= 0.6 is 0 Å². The van der Waals surface area contributed by atoms with Crippen LogP contribution in [-0.2, 0) is 14.7 Å². The second-order valence-corrected chi connectivity index (χ2v) is 6.24. The monoisotopic (exact) mass is 349 g/mol. The molecule has 0 spiro atoms. The fourth-order valence-corrected chi connectivity index (χ4v) is 3.09. The van der Waals surface area contributed by atoms with Crippen LogP contribution < -0.4 is 5.73 Å². The van der Waals surface area contributed by atoms with E-state index < -0.39 is 34.6 Å². The number of nitrogens with zero attached hydrogens (tertiary/aromatic N) is 4. The first kappa shape index (κ1) is 16.1. The molecule has 128 valence electrons. The second-order valence-electron chi connectivity index (χ2n) is 5.24. The van der Waals surface area contributed by atoms with Crippen LogP contribution in [0.3, 0.4) is 0 Å². The summed E-state index contributed by atoms with van der Waals surface area (Å²) in [6, 6.07) is -1.80. The third kappa shape index (κ3) is 3.00. The molecule has 0 aromatic carbocycles. The molecule has 3 heterocycles. The first-order chi connectivity index (χ1) is 10.8. The van der Waals surface area contributed by atoms with Crippen molar-refractivity contribution in [1.82, 2.24) is 20.2 Å². The Morgan fingerprint density at radius 1 is 1.43 bits per heavy atom. The normalized spacial score (nSPS) is 26.0. The minimum atomic E-state index is -4.79. The highest BCUT2D eigenvalue weighted by Crippen LogP contribution is 2.38. The van der Waals surface area contributed by atoms with Gasteiger partial charge in [0.1, 0.15) is 12.1 Å². The molecule has 2 fully saturated rings. The van der Waals surface area contributed by atoms with E-state index >= 15 is 0 Å². The van der Waals surface area contributed by atoms with Crippen LogP contribution in [0.4, 0.5) is 4.79 Å². The van der Waals surface area contributed by atoms with Gasteiger partial charge in [0.15, 0.2) is 0 Å². The first-order valence-electron chi connectivity index (χ1n) is 6.78. The molecule has 1 unspecified atom stereocenters. The molecule has 3 atom stereocenters. The Morgan fingerprint density at radius 2 is 2.17 bits per heavy atom. The van der Waals surface area contributed by atoms with E-state index in [9.17, 15) is 18.3 Å². The van der Waals surface area contributed by atoms with E-state index in [1.54, 1.807) is 0 Å². The summed E-state index contributed by atoms with van der Waals surface area (Å²) in [4.78, 5) is 13.5. The van der Waals surface area contributed by atoms with Gasteiger partial charge in [0, 0.05) is 13.1 Å². The maximum Gasteiger partial charge on any atom is 0.418 e. The zero-order valence-corrected chi connectivity index (χ0v) is 12.6. The summed E-state index contributed by atoms with van der Waals surface area (Å²) in [6.07, 6.45) is -0.247. The summed E-state index contributed by atoms with van der Waals surface area (Å²) in [5, 5.41) is 17.7. The van der Waals surface area contributed by atoms with Gasteiger partial charge in [-0.05, 0) is 12.8 Å². The number of carbonyl (C=O) groups excluding carboxylic acids is 1. The highest BCUT2D eigenvalue weighted by molar-refractivity contribution is 7.80. The van der Waals surface area contributed by atoms with E-state index in [1.807, 2.05) is 0 Å². The van der Waals surface area contributed by atoms with Crippen molar-refractivity contribution in [2.24, 2.45) is 5.73 Å². The number of carbonyl (C=O) groups is 1. The van der Waals surface area contributed by atoms with Crippen molar-refractivity contribution in [1.29, 1.82) is 0 Å². The number of urea groups is 1. The van der Waals surface area contributed by atoms with E-state index in [-0.39, 0.29) is 24.9 Å². The van der Waals surface area contributed by atoms with E-state index in [0.717, 1.165) is 0 Å². The Balaban J connectivity index is 1.80. The van der Waals surface area contributed by atoms with Crippen LogP contribution in [0.1, 0.15) is 36.8 Å². The number of nitrogens with two attached hydrogens (primary N) is 1. The molecular weight excluding hydrogens is 334 g/mol. The maximum atomic E-state index is 12.2. The lowest BCUT2D eigenvalue weighted by molar-refractivity contribution is -0.0317. The van der Waals surface area contributed by atoms with Crippen LogP contribution in [0.2, 0.25) is 0 Å². The largest absolute Gasteiger partial charge is 0.420 e. The van der Waals surface area contributed by atoms with Gasteiger partial charge in [-0.1, -0.05) is 0 Å². The average Bonchev–Trinajstić information content (AvgIpc) is 3.06. The van der Waals surface area contributed by atoms with Crippen LogP contribution in [0.5, 0.6) is 0 Å². The molecule has 13 heteroatoms. The van der Waals surface area contributed by atoms with E-state index in [4.69, 9.17) is 14.7 Å². The van der Waals surface area contributed by atoms with Gasteiger partial charge < -0.3 is 20.2 Å². The molecule has 0 aliphatic carbocycles. The molecule has 1 aromatic heterocycles. The molecule has 0 saturated carbocycles. The summed E-state index contributed by atoms with van der Waals surface area (Å²) in [6.45, 7) is 0.100. The van der Waals surface area contributed by atoms with Crippen LogP contribution in [0.25, 0.3) is 0 Å². The van der Waals surface area contributed by atoms with Crippen molar-refractivity contribution in [2.45, 2.75) is 31.0 Å². The van der Waals surface area contributed by atoms with Gasteiger partial charge in [0.25, 0.3) is 0 Å². The van der Waals surface area contributed by atoms with Crippen molar-refractivity contribution < 1.29 is 31.6 Å². The fourth-order valence-electron chi connectivity index (χ4n) is 2.70. The third-order valence-corrected chi connectivity index (χ3v) is 4.10. The Bertz CT molecular complexity index is 706. The summed E-state index contributed by atoms with van der Waals surface area (Å²) >= 11 is 0. The molecule has 23 heavy (non-hydrogen) atoms. The summed E-state index contributed by atoms with van der Waals surface area (Å²) in [5.74, 6) is 0.0651. The molecule has 4 N–H and O–H groups in total. The standard InChI is InChI=1S/C10H15N5O7S/c11-3-7(16)9-13-12-8(21-9)6-2-1-5-4-14(6)10(17)15(5)22-23(18,19)20/h5-7,16H,1-4,11H2,(H,18,19,20)/t5-,6+,7?/m1/s1. The molecule has 12 nitrogen and oxygen atoms in total. The zero-order chi connectivity index (χ0) is 16.8. The number of hydroxylamine groups is 2. The number of piperidine rings is 1. The van der Waals surface area contributed by atoms with Crippen molar-refractivity contribution in [3.05, 3.63) is 11.8 Å². The zero-order valence-electron chi connectivity index (χ0n) is 11.8. The fraction of sp³-hybridized carbons (Fsp3) is 0.700. The number of fused-ring (bicyclic) bond motifs is 2. The molecule has 2 saturated heterocycles. The Morgan fingerprint density at radius 3 is 2.83 bits per heavy atom. The lowest BCUT2D eigenvalue weighted by Gasteiger charge is -2.27. The predicted octanol–water partition coefficient (Wildman–Crippen LogP) is -1.26. The molecule has 1 aromatic rings. The van der Waals surface area contributed by atoms with Gasteiger partial charge >= 0.3 is 16.4 Å². The maximum absolute atomic E-state index is 12.2. The van der Waals surface area contributed by atoms with Gasteiger partial charge in [-0.25, -0.2) is 4.79 Å². The highest BCUT2D eigenvalue weighted by atomic mass is 32.3. The lowest BCUT2D eigenvalue weighted by Crippen LogP contribution is -2.35. The van der Waals surface area contributed by atoms with Gasteiger partial charge in [-0.3, -0.25) is 4.55 Å². The number of aliphatic hydroxyl groups is 1. The SMILES string of the molecule is NCC(O)c1nnc([C@@H]2CC[C@@H]3CN2C(=O)N3OS(=O)(=O)O)o1. The Kier molecular flexibility index (Phi) is 3.97. The molecule has 2 bridgehead atoms. The second kappa shape index (κ2) is 5.68. The molecule has 3 rings (SSSR count). The molecule has 2 aliphatic rings. The summed E-state index contributed by atoms with van der Waals surface area (Å²) in [7, 11) is -4.79. The highest BCUT2D eigenvalue weighted by Gasteiger charge is 2.49. The topological polar surface area (TPSA) is 172 Å². The third-order valence-electron chi connectivity index (χ3n) is 3.75. The van der Waals surface area contributed by atoms with Crippen molar-refractivity contribution in [2.75, 3.05) is 13.1 Å². The van der Waals surface area contributed by atoms with E-state index in [1.165, 1.54) is 4.90 Å². The number of aliphatic hydroxyl groups excluding tert-OH is 1. The summed E-state index contributed by atoms with van der Waals surface area (Å²) in [5.41, 5.74) is 5.30. The number of aromatic nitrogens is 2. The van der Waals surface area contributed by atoms with E-state index in [0.29, 0.717) is 17.9 Å².